The fraction of sp³-hybridized carbons (Fsp3) is 0.405. The third kappa shape index (κ3) is 10.7. The number of ketones is 1. The average molecular weight is 683 g/mol. The smallest absolute Gasteiger partial charge is 0.261 e. The Balaban J connectivity index is 1.40. The van der Waals surface area contributed by atoms with E-state index in [0.717, 1.165) is 16.9 Å². The monoisotopic (exact) mass is 682 g/mol. The Hall–Kier alpha value is -3.59. The van der Waals surface area contributed by atoms with Crippen molar-refractivity contribution in [3.05, 3.63) is 126 Å². The summed E-state index contributed by atoms with van der Waals surface area (Å²) < 4.78 is 24.8. The highest BCUT2D eigenvalue weighted by Crippen LogP contribution is 2.37. The van der Waals surface area contributed by atoms with Crippen molar-refractivity contribution >= 4 is 24.5 Å². The van der Waals surface area contributed by atoms with Crippen LogP contribution < -0.4 is 15.1 Å². The first-order chi connectivity index (χ1) is 23.4. The van der Waals surface area contributed by atoms with Gasteiger partial charge in [0.25, 0.3) is 8.32 Å². The molecule has 7 heteroatoms. The number of carbonyl (C=O) groups is 1. The van der Waals surface area contributed by atoms with Gasteiger partial charge in [-0.3, -0.25) is 4.79 Å². The Morgan fingerprint density at radius 1 is 0.735 bits per heavy atom. The summed E-state index contributed by atoms with van der Waals surface area (Å²) >= 11 is 0. The standard InChI is InChI=1S/C42H54O6Si/c1-41(2,3)49(38-18-12-8-13-19-38,39-20-14-9-15-21-39)48-27-26-35(43)28-36(44)29-40(47-31-33-16-10-7-11-17-33)42(4,5)32-46-30-34-22-24-37(45-6)25-23-34/h7-25,36,40,44H,26-32H2,1-6H3/t36-,40+/m1/s1. The number of Topliss-reactive ketones (excluding diaryl/α,β-unsaturated/α-hetero) is 1. The lowest BCUT2D eigenvalue weighted by Gasteiger charge is -2.43. The number of aliphatic hydroxyl groups is 1. The molecule has 0 fully saturated rings. The number of hydrogen-bond donors (Lipinski definition) is 1. The maximum absolute atomic E-state index is 13.3. The van der Waals surface area contributed by atoms with Crippen LogP contribution in [0.3, 0.4) is 0 Å². The lowest BCUT2D eigenvalue weighted by molar-refractivity contribution is -0.123. The van der Waals surface area contributed by atoms with Crippen LogP contribution in [0.4, 0.5) is 0 Å². The second kappa shape index (κ2) is 17.9. The average Bonchev–Trinajstić information content (AvgIpc) is 3.09. The molecule has 4 aromatic rings. The summed E-state index contributed by atoms with van der Waals surface area (Å²) in [6.45, 7) is 12.4. The molecule has 4 aromatic carbocycles. The van der Waals surface area contributed by atoms with E-state index in [9.17, 15) is 9.90 Å². The molecule has 0 bridgehead atoms. The highest BCUT2D eigenvalue weighted by atomic mass is 28.4. The van der Waals surface area contributed by atoms with Crippen LogP contribution in [0.15, 0.2) is 115 Å². The highest BCUT2D eigenvalue weighted by molar-refractivity contribution is 6.99. The van der Waals surface area contributed by atoms with Gasteiger partial charge in [0.15, 0.2) is 0 Å². The Morgan fingerprint density at radius 3 is 1.80 bits per heavy atom. The molecule has 0 aliphatic carbocycles. The van der Waals surface area contributed by atoms with E-state index in [1.807, 2.05) is 66.7 Å². The van der Waals surface area contributed by atoms with Crippen LogP contribution in [0.2, 0.25) is 5.04 Å². The van der Waals surface area contributed by atoms with E-state index in [1.54, 1.807) is 7.11 Å². The minimum Gasteiger partial charge on any atom is -0.497 e. The topological polar surface area (TPSA) is 74.2 Å². The van der Waals surface area contributed by atoms with Gasteiger partial charge in [0.2, 0.25) is 0 Å². The third-order valence-electron chi connectivity index (χ3n) is 9.13. The first-order valence-corrected chi connectivity index (χ1v) is 19.2. The fourth-order valence-electron chi connectivity index (χ4n) is 6.41. The number of aliphatic hydroxyl groups excluding tert-OH is 1. The summed E-state index contributed by atoms with van der Waals surface area (Å²) in [4.78, 5) is 13.3. The molecule has 0 spiro atoms. The van der Waals surface area contributed by atoms with E-state index in [1.165, 1.54) is 10.4 Å². The van der Waals surface area contributed by atoms with Crippen LogP contribution >= 0.6 is 0 Å². The van der Waals surface area contributed by atoms with Crippen molar-refractivity contribution < 1.29 is 28.5 Å². The molecule has 4 rings (SSSR count). The molecule has 0 aromatic heterocycles. The van der Waals surface area contributed by atoms with Crippen LogP contribution in [0.25, 0.3) is 0 Å². The summed E-state index contributed by atoms with van der Waals surface area (Å²) in [5.74, 6) is 0.775. The molecular weight excluding hydrogens is 629 g/mol. The number of hydrogen-bond acceptors (Lipinski definition) is 6. The molecular formula is C42H54O6Si. The Labute approximate surface area is 294 Å². The molecule has 49 heavy (non-hydrogen) atoms. The summed E-state index contributed by atoms with van der Waals surface area (Å²) in [5.41, 5.74) is 1.66. The molecule has 0 heterocycles. The lowest BCUT2D eigenvalue weighted by atomic mass is 9.83. The molecule has 2 atom stereocenters. The largest absolute Gasteiger partial charge is 0.497 e. The van der Waals surface area contributed by atoms with Crippen molar-refractivity contribution in [2.45, 2.75) is 84.3 Å². The lowest BCUT2D eigenvalue weighted by Crippen LogP contribution is -2.66. The van der Waals surface area contributed by atoms with Crippen LogP contribution in [0, 0.1) is 5.41 Å². The van der Waals surface area contributed by atoms with Crippen molar-refractivity contribution in [3.63, 3.8) is 0 Å². The minimum atomic E-state index is -2.75. The maximum Gasteiger partial charge on any atom is 0.261 e. The van der Waals surface area contributed by atoms with Gasteiger partial charge in [0.1, 0.15) is 11.5 Å². The number of methoxy groups -OCH3 is 1. The summed E-state index contributed by atoms with van der Waals surface area (Å²) in [5, 5.41) is 13.4. The van der Waals surface area contributed by atoms with Crippen LogP contribution in [0.5, 0.6) is 5.75 Å². The SMILES string of the molecule is COc1ccc(COCC(C)(C)[C@H](C[C@H](O)CC(=O)CCO[Si](c2ccccc2)(c2ccccc2)C(C)(C)C)OCc2ccccc2)cc1. The van der Waals surface area contributed by atoms with Crippen LogP contribution in [-0.2, 0) is 31.9 Å². The van der Waals surface area contributed by atoms with Crippen LogP contribution in [-0.4, -0.2) is 51.7 Å². The van der Waals surface area contributed by atoms with E-state index in [-0.39, 0.29) is 36.4 Å². The fourth-order valence-corrected chi connectivity index (χ4v) is 11.0. The van der Waals surface area contributed by atoms with Gasteiger partial charge in [0.05, 0.1) is 39.1 Å². The van der Waals surface area contributed by atoms with Gasteiger partial charge < -0.3 is 23.7 Å². The molecule has 0 amide bonds. The zero-order valence-corrected chi connectivity index (χ0v) is 31.1. The molecule has 0 saturated carbocycles. The minimum absolute atomic E-state index is 0.0270. The quantitative estimate of drug-likeness (QED) is 0.103. The summed E-state index contributed by atoms with van der Waals surface area (Å²) in [6, 6.07) is 38.7. The summed E-state index contributed by atoms with van der Waals surface area (Å²) in [6.07, 6.45) is -0.627. The van der Waals surface area contributed by atoms with Gasteiger partial charge in [-0.2, -0.15) is 0 Å². The molecule has 1 N–H and O–H groups in total. The first kappa shape index (κ1) is 38.2. The van der Waals surface area contributed by atoms with E-state index in [2.05, 4.69) is 83.1 Å². The second-order valence-electron chi connectivity index (χ2n) is 14.5. The predicted molar refractivity (Wildman–Crippen MR) is 200 cm³/mol. The number of carbonyl (C=O) groups excluding carboxylic acids is 1. The molecule has 6 nitrogen and oxygen atoms in total. The Bertz CT molecular complexity index is 1500. The van der Waals surface area contributed by atoms with Gasteiger partial charge in [0, 0.05) is 31.3 Å². The van der Waals surface area contributed by atoms with E-state index >= 15 is 0 Å². The Morgan fingerprint density at radius 2 is 1.27 bits per heavy atom. The molecule has 0 unspecified atom stereocenters. The second-order valence-corrected chi connectivity index (χ2v) is 18.8. The van der Waals surface area contributed by atoms with E-state index in [0.29, 0.717) is 26.2 Å². The molecule has 0 radical (unpaired) electrons. The van der Waals surface area contributed by atoms with Gasteiger partial charge in [-0.05, 0) is 38.7 Å². The normalized spacial score (nSPS) is 13.5. The molecule has 0 aliphatic heterocycles. The molecule has 0 saturated heterocycles. The first-order valence-electron chi connectivity index (χ1n) is 17.3. The van der Waals surface area contributed by atoms with Crippen molar-refractivity contribution in [1.82, 2.24) is 0 Å². The molecule has 262 valence electrons. The zero-order chi connectivity index (χ0) is 35.3. The van der Waals surface area contributed by atoms with Crippen molar-refractivity contribution in [3.8, 4) is 5.75 Å². The van der Waals surface area contributed by atoms with Crippen molar-refractivity contribution in [2.24, 2.45) is 5.41 Å². The van der Waals surface area contributed by atoms with Gasteiger partial charge in [-0.15, -0.1) is 0 Å². The molecule has 0 aliphatic rings. The van der Waals surface area contributed by atoms with E-state index in [4.69, 9.17) is 18.6 Å². The zero-order valence-electron chi connectivity index (χ0n) is 30.1. The van der Waals surface area contributed by atoms with E-state index < -0.39 is 19.8 Å². The van der Waals surface area contributed by atoms with Crippen LogP contribution in [0.1, 0.15) is 65.0 Å². The van der Waals surface area contributed by atoms with Gasteiger partial charge in [-0.25, -0.2) is 0 Å². The predicted octanol–water partition coefficient (Wildman–Crippen LogP) is 7.50. The number of benzene rings is 4. The third-order valence-corrected chi connectivity index (χ3v) is 14.2. The Kier molecular flexibility index (Phi) is 13.9. The number of ether oxygens (including phenoxy) is 3. The van der Waals surface area contributed by atoms with Gasteiger partial charge in [-0.1, -0.05) is 138 Å². The van der Waals surface area contributed by atoms with Crippen molar-refractivity contribution in [1.29, 1.82) is 0 Å². The van der Waals surface area contributed by atoms with Gasteiger partial charge >= 0.3 is 0 Å². The van der Waals surface area contributed by atoms with Crippen molar-refractivity contribution in [2.75, 3.05) is 20.3 Å². The maximum atomic E-state index is 13.3. The summed E-state index contributed by atoms with van der Waals surface area (Å²) in [7, 11) is -1.10. The highest BCUT2D eigenvalue weighted by Gasteiger charge is 2.50. The number of rotatable bonds is 19.